The van der Waals surface area contributed by atoms with Gasteiger partial charge in [-0.05, 0) is 47.0 Å². The van der Waals surface area contributed by atoms with Gasteiger partial charge in [-0.1, -0.05) is 12.8 Å². The largest absolute Gasteiger partial charge is 0.465 e. The van der Waals surface area contributed by atoms with Crippen molar-refractivity contribution in [2.24, 2.45) is 11.7 Å². The first kappa shape index (κ1) is 19.9. The maximum Gasteiger partial charge on any atom is 0.339 e. The molecule has 1 heterocycles. The highest BCUT2D eigenvalue weighted by Gasteiger charge is 2.29. The molecule has 1 amide bonds. The molecule has 0 bridgehead atoms. The summed E-state index contributed by atoms with van der Waals surface area (Å²) in [6.07, 6.45) is 5.28. The lowest BCUT2D eigenvalue weighted by atomic mass is 9.85. The summed E-state index contributed by atoms with van der Waals surface area (Å²) in [6.45, 7) is 0. The number of benzene rings is 1. The first-order valence-electron chi connectivity index (χ1n) is 8.88. The van der Waals surface area contributed by atoms with E-state index in [4.69, 9.17) is 10.5 Å². The van der Waals surface area contributed by atoms with E-state index in [0.717, 1.165) is 25.7 Å². The molecule has 9 heteroatoms. The molecule has 3 rings (SSSR count). The first-order chi connectivity index (χ1) is 13.4. The summed E-state index contributed by atoms with van der Waals surface area (Å²) < 4.78 is 6.94. The van der Waals surface area contributed by atoms with Crippen LogP contribution in [0.2, 0.25) is 0 Å². The Bertz CT molecular complexity index is 950. The fraction of sp³-hybridized carbons (Fsp3) is 0.368. The number of methoxy groups -OCH3 is 1. The van der Waals surface area contributed by atoms with E-state index < -0.39 is 11.9 Å². The SMILES string of the molecule is COC(=O)c1ccc(Nc2nn([C@H]3CCCCC3C#N)cc2C(N)=O)cc1Br. The van der Waals surface area contributed by atoms with Gasteiger partial charge in [0, 0.05) is 16.4 Å². The van der Waals surface area contributed by atoms with Crippen LogP contribution in [0.25, 0.3) is 0 Å². The molecule has 1 aliphatic rings. The second-order valence-corrected chi connectivity index (χ2v) is 7.49. The number of nitrogens with zero attached hydrogens (tertiary/aromatic N) is 3. The predicted molar refractivity (Wildman–Crippen MR) is 106 cm³/mol. The standard InChI is InChI=1S/C19H20BrN5O3/c1-28-19(27)13-7-6-12(8-15(13)20)23-18-14(17(22)26)10-25(24-18)16-5-3-2-4-11(16)9-21/h6-8,10-11,16H,2-5H2,1H3,(H2,22,26)(H,23,24)/t11?,16-/m0/s1. The molecule has 2 atom stereocenters. The van der Waals surface area contributed by atoms with Crippen LogP contribution in [-0.4, -0.2) is 28.8 Å². The van der Waals surface area contributed by atoms with E-state index in [0.29, 0.717) is 21.5 Å². The third-order valence-corrected chi connectivity index (χ3v) is 5.53. The van der Waals surface area contributed by atoms with Crippen LogP contribution in [0, 0.1) is 17.2 Å². The number of hydrogen-bond acceptors (Lipinski definition) is 6. The molecular formula is C19H20BrN5O3. The minimum atomic E-state index is -0.608. The maximum absolute atomic E-state index is 11.9. The maximum atomic E-state index is 11.9. The molecule has 146 valence electrons. The summed E-state index contributed by atoms with van der Waals surface area (Å²) in [5, 5.41) is 17.0. The Morgan fingerprint density at radius 3 is 2.75 bits per heavy atom. The van der Waals surface area contributed by atoms with E-state index in [1.165, 1.54) is 7.11 Å². The average Bonchev–Trinajstić information content (AvgIpc) is 3.11. The fourth-order valence-corrected chi connectivity index (χ4v) is 3.96. The Kier molecular flexibility index (Phi) is 5.99. The number of carbonyl (C=O) groups excluding carboxylic acids is 2. The van der Waals surface area contributed by atoms with Gasteiger partial charge in [-0.3, -0.25) is 9.48 Å². The normalized spacial score (nSPS) is 18.9. The fourth-order valence-electron chi connectivity index (χ4n) is 3.42. The molecule has 28 heavy (non-hydrogen) atoms. The molecule has 1 fully saturated rings. The molecule has 1 unspecified atom stereocenters. The zero-order valence-corrected chi connectivity index (χ0v) is 16.9. The number of nitriles is 1. The number of esters is 1. The quantitative estimate of drug-likeness (QED) is 0.678. The lowest BCUT2D eigenvalue weighted by Gasteiger charge is -2.26. The summed E-state index contributed by atoms with van der Waals surface area (Å²) >= 11 is 3.34. The highest BCUT2D eigenvalue weighted by molar-refractivity contribution is 9.10. The zero-order valence-electron chi connectivity index (χ0n) is 15.3. The number of aromatic nitrogens is 2. The van der Waals surface area contributed by atoms with Crippen molar-refractivity contribution in [3.8, 4) is 6.07 Å². The van der Waals surface area contributed by atoms with Gasteiger partial charge in [0.05, 0.1) is 30.7 Å². The number of primary amides is 1. The van der Waals surface area contributed by atoms with Gasteiger partial charge in [0.2, 0.25) is 0 Å². The Labute approximate surface area is 170 Å². The number of halogens is 1. The van der Waals surface area contributed by atoms with Crippen LogP contribution in [0.15, 0.2) is 28.9 Å². The lowest BCUT2D eigenvalue weighted by molar-refractivity contribution is 0.0599. The van der Waals surface area contributed by atoms with E-state index in [1.54, 1.807) is 29.1 Å². The second kappa shape index (κ2) is 8.44. The Morgan fingerprint density at radius 2 is 2.11 bits per heavy atom. The van der Waals surface area contributed by atoms with Crippen molar-refractivity contribution in [1.82, 2.24) is 9.78 Å². The molecule has 1 saturated carbocycles. The van der Waals surface area contributed by atoms with Crippen LogP contribution in [0.4, 0.5) is 11.5 Å². The van der Waals surface area contributed by atoms with Crippen LogP contribution in [0.5, 0.6) is 0 Å². The minimum Gasteiger partial charge on any atom is -0.465 e. The second-order valence-electron chi connectivity index (χ2n) is 6.63. The van der Waals surface area contributed by atoms with Crippen LogP contribution in [-0.2, 0) is 4.74 Å². The third-order valence-electron chi connectivity index (χ3n) is 4.87. The molecular weight excluding hydrogens is 426 g/mol. The van der Waals surface area contributed by atoms with Crippen molar-refractivity contribution in [2.75, 3.05) is 12.4 Å². The van der Waals surface area contributed by atoms with Crippen molar-refractivity contribution >= 4 is 39.3 Å². The molecule has 1 aromatic heterocycles. The van der Waals surface area contributed by atoms with Gasteiger partial charge in [-0.2, -0.15) is 10.4 Å². The van der Waals surface area contributed by atoms with E-state index >= 15 is 0 Å². The van der Waals surface area contributed by atoms with E-state index in [-0.39, 0.29) is 17.5 Å². The number of amides is 1. The molecule has 0 saturated heterocycles. The summed E-state index contributed by atoms with van der Waals surface area (Å²) in [6, 6.07) is 7.23. The molecule has 3 N–H and O–H groups in total. The van der Waals surface area contributed by atoms with Gasteiger partial charge in [-0.25, -0.2) is 4.79 Å². The van der Waals surface area contributed by atoms with Crippen LogP contribution in [0.3, 0.4) is 0 Å². The number of ether oxygens (including phenoxy) is 1. The molecule has 1 aromatic carbocycles. The lowest BCUT2D eigenvalue weighted by Crippen LogP contribution is -2.22. The average molecular weight is 446 g/mol. The number of nitrogens with one attached hydrogen (secondary N) is 1. The summed E-state index contributed by atoms with van der Waals surface area (Å²) in [5.41, 5.74) is 6.77. The van der Waals surface area contributed by atoms with Crippen LogP contribution < -0.4 is 11.1 Å². The van der Waals surface area contributed by atoms with Crippen molar-refractivity contribution in [2.45, 2.75) is 31.7 Å². The number of nitrogens with two attached hydrogens (primary N) is 1. The summed E-state index contributed by atoms with van der Waals surface area (Å²) in [5.74, 6) is -0.896. The summed E-state index contributed by atoms with van der Waals surface area (Å²) in [7, 11) is 1.31. The molecule has 1 aliphatic carbocycles. The van der Waals surface area contributed by atoms with Crippen LogP contribution in [0.1, 0.15) is 52.4 Å². The predicted octanol–water partition coefficient (Wildman–Crippen LogP) is 3.53. The summed E-state index contributed by atoms with van der Waals surface area (Å²) in [4.78, 5) is 23.6. The van der Waals surface area contributed by atoms with Gasteiger partial charge in [-0.15, -0.1) is 0 Å². The molecule has 2 aromatic rings. The Balaban J connectivity index is 1.91. The number of anilines is 2. The molecule has 0 radical (unpaired) electrons. The minimum absolute atomic E-state index is 0.0826. The Morgan fingerprint density at radius 1 is 1.36 bits per heavy atom. The zero-order chi connectivity index (χ0) is 20.3. The molecule has 0 aliphatic heterocycles. The topological polar surface area (TPSA) is 123 Å². The van der Waals surface area contributed by atoms with Gasteiger partial charge < -0.3 is 15.8 Å². The van der Waals surface area contributed by atoms with Gasteiger partial charge >= 0.3 is 5.97 Å². The smallest absolute Gasteiger partial charge is 0.339 e. The number of carbonyl (C=O) groups is 2. The number of rotatable bonds is 5. The monoisotopic (exact) mass is 445 g/mol. The van der Waals surface area contributed by atoms with E-state index in [2.05, 4.69) is 32.4 Å². The first-order valence-corrected chi connectivity index (χ1v) is 9.67. The van der Waals surface area contributed by atoms with Gasteiger partial charge in [0.1, 0.15) is 5.56 Å². The Hall–Kier alpha value is -2.86. The number of hydrogen-bond donors (Lipinski definition) is 2. The van der Waals surface area contributed by atoms with Crippen molar-refractivity contribution in [3.05, 3.63) is 40.0 Å². The van der Waals surface area contributed by atoms with E-state index in [1.807, 2.05) is 0 Å². The third kappa shape index (κ3) is 4.02. The highest BCUT2D eigenvalue weighted by atomic mass is 79.9. The van der Waals surface area contributed by atoms with Gasteiger partial charge in [0.15, 0.2) is 5.82 Å². The molecule has 8 nitrogen and oxygen atoms in total. The molecule has 0 spiro atoms. The van der Waals surface area contributed by atoms with Crippen molar-refractivity contribution in [3.63, 3.8) is 0 Å². The highest BCUT2D eigenvalue weighted by Crippen LogP contribution is 2.34. The van der Waals surface area contributed by atoms with E-state index in [9.17, 15) is 14.9 Å². The van der Waals surface area contributed by atoms with Crippen molar-refractivity contribution in [1.29, 1.82) is 5.26 Å². The van der Waals surface area contributed by atoms with Crippen LogP contribution >= 0.6 is 15.9 Å². The van der Waals surface area contributed by atoms with Crippen molar-refractivity contribution < 1.29 is 14.3 Å². The van der Waals surface area contributed by atoms with Gasteiger partial charge in [0.25, 0.3) is 5.91 Å².